The lowest BCUT2D eigenvalue weighted by atomic mass is 9.99. The van der Waals surface area contributed by atoms with E-state index in [1.54, 1.807) is 0 Å². The summed E-state index contributed by atoms with van der Waals surface area (Å²) in [5, 5.41) is 0. The van der Waals surface area contributed by atoms with Crippen LogP contribution in [0.25, 0.3) is 0 Å². The highest BCUT2D eigenvalue weighted by Crippen LogP contribution is 2.19. The van der Waals surface area contributed by atoms with Crippen molar-refractivity contribution in [3.63, 3.8) is 0 Å². The van der Waals surface area contributed by atoms with Gasteiger partial charge >= 0.3 is 17.9 Å². The molecule has 33 heavy (non-hydrogen) atoms. The van der Waals surface area contributed by atoms with Gasteiger partial charge < -0.3 is 14.2 Å². The summed E-state index contributed by atoms with van der Waals surface area (Å²) in [5.74, 6) is -1.36. The molecule has 0 fully saturated rings. The average Bonchev–Trinajstić information content (AvgIpc) is 2.82. The highest BCUT2D eigenvalue weighted by Gasteiger charge is 2.27. The van der Waals surface area contributed by atoms with Crippen molar-refractivity contribution < 1.29 is 28.6 Å². The van der Waals surface area contributed by atoms with Gasteiger partial charge in [0.15, 0.2) is 6.10 Å². The van der Waals surface area contributed by atoms with Crippen LogP contribution < -0.4 is 0 Å². The molecule has 6 nitrogen and oxygen atoms in total. The van der Waals surface area contributed by atoms with E-state index in [-0.39, 0.29) is 48.9 Å². The van der Waals surface area contributed by atoms with Gasteiger partial charge in [-0.15, -0.1) is 0 Å². The molecule has 0 aliphatic carbocycles. The zero-order chi connectivity index (χ0) is 25.1. The largest absolute Gasteiger partial charge is 0.461 e. The molecule has 194 valence electrons. The van der Waals surface area contributed by atoms with Crippen molar-refractivity contribution in [3.05, 3.63) is 0 Å². The molecule has 0 radical (unpaired) electrons. The van der Waals surface area contributed by atoms with E-state index < -0.39 is 6.10 Å². The van der Waals surface area contributed by atoms with Crippen molar-refractivity contribution in [3.8, 4) is 0 Å². The van der Waals surface area contributed by atoms with Gasteiger partial charge in [-0.05, 0) is 38.5 Å². The Hall–Kier alpha value is -1.59. The lowest BCUT2D eigenvalue weighted by molar-refractivity contribution is -0.172. The number of unbranched alkanes of at least 4 members (excludes halogenated alkanes) is 3. The summed E-state index contributed by atoms with van der Waals surface area (Å²) in [5.41, 5.74) is 0. The monoisotopic (exact) mass is 470 g/mol. The number of carbonyl (C=O) groups is 3. The number of carbonyl (C=O) groups excluding carboxylic acids is 3. The minimum absolute atomic E-state index is 0.0869. The van der Waals surface area contributed by atoms with Crippen LogP contribution in [0.2, 0.25) is 0 Å². The molecular formula is C27H50O6. The van der Waals surface area contributed by atoms with E-state index in [9.17, 15) is 14.4 Å². The number of rotatable bonds is 20. The first-order chi connectivity index (χ1) is 15.9. The highest BCUT2D eigenvalue weighted by molar-refractivity contribution is 5.74. The third kappa shape index (κ3) is 13.6. The molecular weight excluding hydrogens is 420 g/mol. The number of esters is 3. The van der Waals surface area contributed by atoms with E-state index in [0.717, 1.165) is 57.8 Å². The minimum atomic E-state index is -0.784. The fraction of sp³-hybridized carbons (Fsp3) is 0.889. The highest BCUT2D eigenvalue weighted by atomic mass is 16.6. The fourth-order valence-electron chi connectivity index (χ4n) is 3.78. The lowest BCUT2D eigenvalue weighted by Crippen LogP contribution is -2.34. The van der Waals surface area contributed by atoms with E-state index in [0.29, 0.717) is 19.3 Å². The average molecular weight is 471 g/mol. The Morgan fingerprint density at radius 1 is 0.545 bits per heavy atom. The number of ether oxygens (including phenoxy) is 3. The Kier molecular flexibility index (Phi) is 18.9. The van der Waals surface area contributed by atoms with E-state index >= 15 is 0 Å². The van der Waals surface area contributed by atoms with Gasteiger partial charge in [0.25, 0.3) is 0 Å². The first-order valence-corrected chi connectivity index (χ1v) is 13.4. The number of hydrogen-bond acceptors (Lipinski definition) is 6. The van der Waals surface area contributed by atoms with Crippen LogP contribution in [0.3, 0.4) is 0 Å². The summed E-state index contributed by atoms with van der Waals surface area (Å²) in [6.45, 7) is 12.0. The molecule has 3 atom stereocenters. The maximum atomic E-state index is 12.7. The fourth-order valence-corrected chi connectivity index (χ4v) is 3.78. The van der Waals surface area contributed by atoms with E-state index in [4.69, 9.17) is 14.2 Å². The Balaban J connectivity index is 5.11. The van der Waals surface area contributed by atoms with E-state index in [1.807, 2.05) is 20.8 Å². The van der Waals surface area contributed by atoms with Crippen molar-refractivity contribution >= 4 is 17.9 Å². The Morgan fingerprint density at radius 2 is 0.879 bits per heavy atom. The summed E-state index contributed by atoms with van der Waals surface area (Å²) in [7, 11) is 0. The molecule has 0 rings (SSSR count). The predicted octanol–water partition coefficient (Wildman–Crippen LogP) is 6.63. The maximum absolute atomic E-state index is 12.7. The minimum Gasteiger partial charge on any atom is -0.461 e. The second kappa shape index (κ2) is 19.8. The summed E-state index contributed by atoms with van der Waals surface area (Å²) < 4.78 is 16.7. The van der Waals surface area contributed by atoms with Gasteiger partial charge in [-0.2, -0.15) is 0 Å². The molecule has 0 unspecified atom stereocenters. The van der Waals surface area contributed by atoms with Gasteiger partial charge in [0, 0.05) is 0 Å². The molecule has 0 saturated heterocycles. The van der Waals surface area contributed by atoms with Crippen LogP contribution in [0.4, 0.5) is 0 Å². The molecule has 0 N–H and O–H groups in total. The molecule has 0 saturated carbocycles. The predicted molar refractivity (Wildman–Crippen MR) is 132 cm³/mol. The normalized spacial score (nSPS) is 13.9. The third-order valence-corrected chi connectivity index (χ3v) is 6.30. The molecule has 6 heteroatoms. The summed E-state index contributed by atoms with van der Waals surface area (Å²) >= 11 is 0. The van der Waals surface area contributed by atoms with Gasteiger partial charge in [0.1, 0.15) is 13.2 Å². The Bertz CT molecular complexity index is 501. The van der Waals surface area contributed by atoms with Gasteiger partial charge in [0.05, 0.1) is 17.8 Å². The number of hydrogen-bond donors (Lipinski definition) is 0. The van der Waals surface area contributed by atoms with Gasteiger partial charge in [-0.25, -0.2) is 0 Å². The first-order valence-electron chi connectivity index (χ1n) is 13.4. The molecule has 0 spiro atoms. The summed E-state index contributed by atoms with van der Waals surface area (Å²) in [4.78, 5) is 37.8. The van der Waals surface area contributed by atoms with Gasteiger partial charge in [-0.1, -0.05) is 80.1 Å². The van der Waals surface area contributed by atoms with Crippen molar-refractivity contribution in [1.82, 2.24) is 0 Å². The van der Waals surface area contributed by atoms with E-state index in [2.05, 4.69) is 20.8 Å². The molecule has 0 bridgehead atoms. The standard InChI is InChI=1S/C27H50O6/c1-7-13-16-21(10-4)25(28)31-19-24(33-27(30)23(12-6)18-15-9-3)20-32-26(29)22(11-5)17-14-8-2/h21-24H,7-20H2,1-6H3/t21-,22-,23+/m0/s1. The smallest absolute Gasteiger partial charge is 0.309 e. The van der Waals surface area contributed by atoms with Crippen LogP contribution in [0, 0.1) is 17.8 Å². The van der Waals surface area contributed by atoms with Crippen molar-refractivity contribution in [2.45, 2.75) is 125 Å². The van der Waals surface area contributed by atoms with Crippen LogP contribution >= 0.6 is 0 Å². The first kappa shape index (κ1) is 31.4. The van der Waals surface area contributed by atoms with Crippen LogP contribution in [0.15, 0.2) is 0 Å². The second-order valence-corrected chi connectivity index (χ2v) is 9.06. The zero-order valence-corrected chi connectivity index (χ0v) is 22.2. The van der Waals surface area contributed by atoms with Gasteiger partial charge in [0.2, 0.25) is 0 Å². The van der Waals surface area contributed by atoms with Crippen LogP contribution in [-0.2, 0) is 28.6 Å². The van der Waals surface area contributed by atoms with Crippen molar-refractivity contribution in [2.75, 3.05) is 13.2 Å². The zero-order valence-electron chi connectivity index (χ0n) is 22.2. The third-order valence-electron chi connectivity index (χ3n) is 6.30. The molecule has 0 aromatic rings. The van der Waals surface area contributed by atoms with Crippen molar-refractivity contribution in [2.24, 2.45) is 17.8 Å². The quantitative estimate of drug-likeness (QED) is 0.147. The Labute approximate surface area is 202 Å². The van der Waals surface area contributed by atoms with Crippen LogP contribution in [0.1, 0.15) is 119 Å². The lowest BCUT2D eigenvalue weighted by Gasteiger charge is -2.23. The van der Waals surface area contributed by atoms with E-state index in [1.165, 1.54) is 0 Å². The maximum Gasteiger partial charge on any atom is 0.309 e. The van der Waals surface area contributed by atoms with Crippen molar-refractivity contribution in [1.29, 1.82) is 0 Å². The summed E-state index contributed by atoms with van der Waals surface area (Å²) in [6.07, 6.45) is 9.61. The molecule has 0 aliphatic rings. The van der Waals surface area contributed by atoms with Gasteiger partial charge in [-0.3, -0.25) is 14.4 Å². The van der Waals surface area contributed by atoms with Crippen LogP contribution in [-0.4, -0.2) is 37.2 Å². The Morgan fingerprint density at radius 3 is 1.18 bits per heavy atom. The summed E-state index contributed by atoms with van der Waals surface area (Å²) in [6, 6.07) is 0. The molecule has 0 aromatic carbocycles. The SMILES string of the molecule is CCCC[C@H](CC)C(=O)OCC(COC(=O)[C@@H](CC)CCCC)OC(=O)[C@H](CC)CCCC. The molecule has 0 aromatic heterocycles. The van der Waals surface area contributed by atoms with Crippen LogP contribution in [0.5, 0.6) is 0 Å². The molecule has 0 heterocycles. The molecule has 0 aliphatic heterocycles. The second-order valence-electron chi connectivity index (χ2n) is 9.06. The molecule has 0 amide bonds. The topological polar surface area (TPSA) is 78.9 Å².